The van der Waals surface area contributed by atoms with Crippen LogP contribution in [0.4, 0.5) is 0 Å². The van der Waals surface area contributed by atoms with Crippen molar-refractivity contribution in [2.24, 2.45) is 5.73 Å². The highest BCUT2D eigenvalue weighted by molar-refractivity contribution is 4.98. The number of β-amino-alcohol motifs (C(OH)–C–C–N with tert-alkyl or cyclic N) is 1. The molecule has 1 atom stereocenters. The third kappa shape index (κ3) is 0.727. The minimum atomic E-state index is -0.611. The fraction of sp³-hybridized carbons (Fsp3) is 1.00. The quantitative estimate of drug-likeness (QED) is 0.398. The average Bonchev–Trinajstić information content (AvgIpc) is 1.60. The maximum absolute atomic E-state index is 9.30. The lowest BCUT2D eigenvalue weighted by Gasteiger charge is -2.40. The molecule has 48 valence electrons. The second-order valence-electron chi connectivity index (χ2n) is 2.50. The number of aliphatic hydroxyl groups is 1. The van der Waals surface area contributed by atoms with Crippen molar-refractivity contribution >= 4 is 0 Å². The van der Waals surface area contributed by atoms with Crippen LogP contribution in [-0.4, -0.2) is 29.8 Å². The molecule has 3 nitrogen and oxygen atoms in total. The van der Waals surface area contributed by atoms with E-state index < -0.39 is 5.60 Å². The molecule has 0 radical (unpaired) electrons. The Kier molecular flexibility index (Phi) is 1.27. The molecule has 1 aliphatic heterocycles. The molecule has 0 aliphatic carbocycles. The Balaban J connectivity index is 2.41. The molecule has 0 spiro atoms. The van der Waals surface area contributed by atoms with Gasteiger partial charge in [0, 0.05) is 19.1 Å². The first kappa shape index (κ1) is 6.01. The molecule has 0 saturated carbocycles. The standard InChI is InChI=1S/C5H12N2O/c1-4(6)5(8)2-7-3-5/h4,7-8H,2-3,6H2,1H3. The molecule has 1 saturated heterocycles. The van der Waals surface area contributed by atoms with Crippen LogP contribution in [0.5, 0.6) is 0 Å². The van der Waals surface area contributed by atoms with Crippen LogP contribution in [0.1, 0.15) is 6.92 Å². The monoisotopic (exact) mass is 116 g/mol. The van der Waals surface area contributed by atoms with E-state index in [1.54, 1.807) is 0 Å². The van der Waals surface area contributed by atoms with E-state index in [-0.39, 0.29) is 6.04 Å². The van der Waals surface area contributed by atoms with Crippen molar-refractivity contribution in [2.45, 2.75) is 18.6 Å². The van der Waals surface area contributed by atoms with Crippen molar-refractivity contribution in [1.82, 2.24) is 5.32 Å². The fourth-order valence-corrected chi connectivity index (χ4v) is 0.703. The van der Waals surface area contributed by atoms with Crippen LogP contribution >= 0.6 is 0 Å². The zero-order chi connectivity index (χ0) is 6.20. The van der Waals surface area contributed by atoms with Crippen molar-refractivity contribution in [3.05, 3.63) is 0 Å². The van der Waals surface area contributed by atoms with Gasteiger partial charge in [-0.2, -0.15) is 0 Å². The van der Waals surface area contributed by atoms with Gasteiger partial charge in [0.15, 0.2) is 0 Å². The molecule has 0 aromatic carbocycles. The lowest BCUT2D eigenvalue weighted by molar-refractivity contribution is -0.0274. The zero-order valence-electron chi connectivity index (χ0n) is 5.02. The summed E-state index contributed by atoms with van der Waals surface area (Å²) in [5, 5.41) is 12.3. The summed E-state index contributed by atoms with van der Waals surface area (Å²) in [4.78, 5) is 0. The van der Waals surface area contributed by atoms with Gasteiger partial charge in [-0.05, 0) is 6.92 Å². The van der Waals surface area contributed by atoms with Crippen LogP contribution in [0, 0.1) is 0 Å². The molecule has 3 heteroatoms. The first-order valence-corrected chi connectivity index (χ1v) is 2.84. The van der Waals surface area contributed by atoms with Crippen LogP contribution in [0.2, 0.25) is 0 Å². The number of hydrogen-bond donors (Lipinski definition) is 3. The lowest BCUT2D eigenvalue weighted by Crippen LogP contribution is -2.67. The van der Waals surface area contributed by atoms with Gasteiger partial charge in [-0.15, -0.1) is 0 Å². The summed E-state index contributed by atoms with van der Waals surface area (Å²) in [5.41, 5.74) is 4.83. The Morgan fingerprint density at radius 2 is 2.25 bits per heavy atom. The van der Waals surface area contributed by atoms with Crippen molar-refractivity contribution < 1.29 is 5.11 Å². The minimum Gasteiger partial charge on any atom is -0.386 e. The van der Waals surface area contributed by atoms with Crippen LogP contribution < -0.4 is 11.1 Å². The SMILES string of the molecule is CC(N)C1(O)CNC1. The molecule has 0 bridgehead atoms. The van der Waals surface area contributed by atoms with Crippen LogP contribution in [-0.2, 0) is 0 Å². The molecule has 1 unspecified atom stereocenters. The van der Waals surface area contributed by atoms with Gasteiger partial charge in [0.1, 0.15) is 5.60 Å². The van der Waals surface area contributed by atoms with E-state index in [0.29, 0.717) is 13.1 Å². The molecule has 0 amide bonds. The Labute approximate surface area is 48.9 Å². The highest BCUT2D eigenvalue weighted by atomic mass is 16.3. The topological polar surface area (TPSA) is 58.3 Å². The second kappa shape index (κ2) is 1.69. The third-order valence-corrected chi connectivity index (χ3v) is 1.71. The highest BCUT2D eigenvalue weighted by Gasteiger charge is 2.37. The normalized spacial score (nSPS) is 28.9. The molecular formula is C5H12N2O. The number of nitrogens with two attached hydrogens (primary N) is 1. The summed E-state index contributed by atoms with van der Waals surface area (Å²) < 4.78 is 0. The Bertz CT molecular complexity index is 88.4. The molecule has 1 heterocycles. The molecule has 1 aliphatic rings. The van der Waals surface area contributed by atoms with Crippen LogP contribution in [0.25, 0.3) is 0 Å². The fourth-order valence-electron chi connectivity index (χ4n) is 0.703. The molecule has 1 rings (SSSR count). The predicted molar refractivity (Wildman–Crippen MR) is 31.5 cm³/mol. The van der Waals surface area contributed by atoms with E-state index in [1.807, 2.05) is 6.92 Å². The Morgan fingerprint density at radius 1 is 1.75 bits per heavy atom. The van der Waals surface area contributed by atoms with Gasteiger partial charge in [0.05, 0.1) is 0 Å². The smallest absolute Gasteiger partial charge is 0.104 e. The minimum absolute atomic E-state index is 0.108. The van der Waals surface area contributed by atoms with E-state index in [0.717, 1.165) is 0 Å². The van der Waals surface area contributed by atoms with E-state index in [9.17, 15) is 5.11 Å². The molecule has 0 aromatic heterocycles. The highest BCUT2D eigenvalue weighted by Crippen LogP contribution is 2.12. The third-order valence-electron chi connectivity index (χ3n) is 1.71. The molecule has 4 N–H and O–H groups in total. The van der Waals surface area contributed by atoms with Gasteiger partial charge in [-0.3, -0.25) is 0 Å². The summed E-state index contributed by atoms with van der Waals surface area (Å²) in [7, 11) is 0. The molecule has 1 fully saturated rings. The predicted octanol–water partition coefficient (Wildman–Crippen LogP) is -1.33. The van der Waals surface area contributed by atoms with E-state index in [4.69, 9.17) is 5.73 Å². The average molecular weight is 116 g/mol. The summed E-state index contributed by atoms with van der Waals surface area (Å²) in [6.45, 7) is 3.11. The van der Waals surface area contributed by atoms with Gasteiger partial charge >= 0.3 is 0 Å². The second-order valence-corrected chi connectivity index (χ2v) is 2.50. The Morgan fingerprint density at radius 3 is 2.25 bits per heavy atom. The van der Waals surface area contributed by atoms with Gasteiger partial charge in [-0.1, -0.05) is 0 Å². The van der Waals surface area contributed by atoms with E-state index in [2.05, 4.69) is 5.32 Å². The van der Waals surface area contributed by atoms with Crippen LogP contribution in [0.15, 0.2) is 0 Å². The maximum Gasteiger partial charge on any atom is 0.104 e. The number of hydrogen-bond acceptors (Lipinski definition) is 3. The maximum atomic E-state index is 9.30. The van der Waals surface area contributed by atoms with Crippen LogP contribution in [0.3, 0.4) is 0 Å². The van der Waals surface area contributed by atoms with Gasteiger partial charge in [-0.25, -0.2) is 0 Å². The van der Waals surface area contributed by atoms with Crippen molar-refractivity contribution in [3.63, 3.8) is 0 Å². The van der Waals surface area contributed by atoms with E-state index >= 15 is 0 Å². The van der Waals surface area contributed by atoms with Gasteiger partial charge in [0.25, 0.3) is 0 Å². The first-order chi connectivity index (χ1) is 3.65. The lowest BCUT2D eigenvalue weighted by atomic mass is 9.90. The van der Waals surface area contributed by atoms with E-state index in [1.165, 1.54) is 0 Å². The number of rotatable bonds is 1. The van der Waals surface area contributed by atoms with Crippen molar-refractivity contribution in [2.75, 3.05) is 13.1 Å². The first-order valence-electron chi connectivity index (χ1n) is 2.84. The summed E-state index contributed by atoms with van der Waals surface area (Å²) in [6.07, 6.45) is 0. The van der Waals surface area contributed by atoms with Gasteiger partial charge in [0.2, 0.25) is 0 Å². The summed E-state index contributed by atoms with van der Waals surface area (Å²) in [5.74, 6) is 0. The summed E-state index contributed by atoms with van der Waals surface area (Å²) in [6, 6.07) is -0.108. The van der Waals surface area contributed by atoms with Crippen molar-refractivity contribution in [1.29, 1.82) is 0 Å². The Hall–Kier alpha value is -0.120. The zero-order valence-corrected chi connectivity index (χ0v) is 5.02. The number of nitrogens with one attached hydrogen (secondary N) is 1. The largest absolute Gasteiger partial charge is 0.386 e. The van der Waals surface area contributed by atoms with Gasteiger partial charge < -0.3 is 16.2 Å². The molecule has 8 heavy (non-hydrogen) atoms. The van der Waals surface area contributed by atoms with Crippen molar-refractivity contribution in [3.8, 4) is 0 Å². The molecule has 0 aromatic rings. The molecular weight excluding hydrogens is 104 g/mol. The summed E-state index contributed by atoms with van der Waals surface area (Å²) >= 11 is 0.